The van der Waals surface area contributed by atoms with Crippen LogP contribution in [0.5, 0.6) is 0 Å². The van der Waals surface area contributed by atoms with Gasteiger partial charge in [0.1, 0.15) is 0 Å². The first kappa shape index (κ1) is 11.7. The molecule has 0 unspecified atom stereocenters. The highest BCUT2D eigenvalue weighted by Gasteiger charge is 2.00. The Hall–Kier alpha value is -1.30. The molecule has 1 rings (SSSR count). The van der Waals surface area contributed by atoms with Gasteiger partial charge in [0.05, 0.1) is 11.6 Å². The van der Waals surface area contributed by atoms with Gasteiger partial charge in [0.2, 0.25) is 0 Å². The van der Waals surface area contributed by atoms with E-state index in [1.807, 2.05) is 12.1 Å². The van der Waals surface area contributed by atoms with Gasteiger partial charge in [-0.15, -0.1) is 19.0 Å². The largest absolute Gasteiger partial charge is 0.321 e. The van der Waals surface area contributed by atoms with Gasteiger partial charge in [0.15, 0.2) is 0 Å². The molecule has 0 amide bonds. The molecule has 0 radical (unpaired) electrons. The Morgan fingerprint density at radius 2 is 2.23 bits per heavy atom. The number of halogens is 1. The number of nitriles is 1. The smallest absolute Gasteiger partial charge is 0.0991 e. The number of hydrogen-bond acceptors (Lipinski definition) is 2. The van der Waals surface area contributed by atoms with Crippen molar-refractivity contribution in [3.63, 3.8) is 0 Å². The molecular formula is C10H11ClN2. The van der Waals surface area contributed by atoms with Crippen LogP contribution in [0.4, 0.5) is 0 Å². The maximum atomic E-state index is 8.60. The maximum Gasteiger partial charge on any atom is 0.0991 e. The summed E-state index contributed by atoms with van der Waals surface area (Å²) in [6.45, 7) is 3.58. The zero-order valence-corrected chi connectivity index (χ0v) is 7.92. The molecule has 0 aliphatic rings. The van der Waals surface area contributed by atoms with Crippen molar-refractivity contribution < 1.29 is 0 Å². The van der Waals surface area contributed by atoms with Crippen LogP contribution in [0, 0.1) is 11.3 Å². The Labute approximate surface area is 84.1 Å². The first-order valence-corrected chi connectivity index (χ1v) is 3.66. The zero-order chi connectivity index (χ0) is 8.97. The molecule has 0 spiro atoms. The zero-order valence-electron chi connectivity index (χ0n) is 7.10. The van der Waals surface area contributed by atoms with Crippen LogP contribution >= 0.6 is 12.4 Å². The Morgan fingerprint density at radius 3 is 2.77 bits per heavy atom. The predicted octanol–water partition coefficient (Wildman–Crippen LogP) is 2.17. The van der Waals surface area contributed by atoms with E-state index in [2.05, 4.69) is 12.6 Å². The number of benzene rings is 1. The van der Waals surface area contributed by atoms with E-state index in [4.69, 9.17) is 11.0 Å². The van der Waals surface area contributed by atoms with Crippen molar-refractivity contribution >= 4 is 12.4 Å². The molecule has 0 fully saturated rings. The minimum atomic E-state index is -0.182. The van der Waals surface area contributed by atoms with Gasteiger partial charge in [0, 0.05) is 6.04 Å². The molecule has 2 nitrogen and oxygen atoms in total. The van der Waals surface area contributed by atoms with Crippen molar-refractivity contribution in [2.24, 2.45) is 5.73 Å². The molecule has 1 atom stereocenters. The summed E-state index contributed by atoms with van der Waals surface area (Å²) in [4.78, 5) is 0. The van der Waals surface area contributed by atoms with Gasteiger partial charge >= 0.3 is 0 Å². The monoisotopic (exact) mass is 194 g/mol. The Balaban J connectivity index is 0.00000144. The van der Waals surface area contributed by atoms with Gasteiger partial charge in [-0.25, -0.2) is 0 Å². The fourth-order valence-corrected chi connectivity index (χ4v) is 0.952. The molecule has 0 aromatic heterocycles. The van der Waals surface area contributed by atoms with E-state index in [-0.39, 0.29) is 18.4 Å². The number of rotatable bonds is 2. The highest BCUT2D eigenvalue weighted by atomic mass is 35.5. The van der Waals surface area contributed by atoms with Crippen molar-refractivity contribution in [3.05, 3.63) is 48.0 Å². The van der Waals surface area contributed by atoms with E-state index >= 15 is 0 Å². The van der Waals surface area contributed by atoms with Crippen molar-refractivity contribution in [3.8, 4) is 6.07 Å². The van der Waals surface area contributed by atoms with Crippen LogP contribution in [-0.2, 0) is 0 Å². The molecule has 3 heteroatoms. The van der Waals surface area contributed by atoms with Gasteiger partial charge < -0.3 is 5.73 Å². The third-order valence-electron chi connectivity index (χ3n) is 1.65. The van der Waals surface area contributed by atoms with E-state index in [0.29, 0.717) is 5.56 Å². The lowest BCUT2D eigenvalue weighted by molar-refractivity contribution is 0.914. The Morgan fingerprint density at radius 1 is 1.54 bits per heavy atom. The van der Waals surface area contributed by atoms with E-state index < -0.39 is 0 Å². The summed E-state index contributed by atoms with van der Waals surface area (Å²) >= 11 is 0. The third kappa shape index (κ3) is 2.90. The standard InChI is InChI=1S/C10H10N2.ClH/c1-2-10(12)9-5-3-4-8(6-9)7-11;/h2-6,10H,1,12H2;1H/t10-;/m0./s1. The van der Waals surface area contributed by atoms with Gasteiger partial charge in [0.25, 0.3) is 0 Å². The summed E-state index contributed by atoms with van der Waals surface area (Å²) in [6, 6.07) is 9.09. The molecule has 2 N–H and O–H groups in total. The van der Waals surface area contributed by atoms with E-state index in [1.165, 1.54) is 0 Å². The lowest BCUT2D eigenvalue weighted by Gasteiger charge is -2.05. The highest BCUT2D eigenvalue weighted by molar-refractivity contribution is 5.85. The van der Waals surface area contributed by atoms with E-state index in [9.17, 15) is 0 Å². The lowest BCUT2D eigenvalue weighted by atomic mass is 10.1. The van der Waals surface area contributed by atoms with Crippen LogP contribution in [0.2, 0.25) is 0 Å². The second kappa shape index (κ2) is 5.36. The average Bonchev–Trinajstić information content (AvgIpc) is 2.17. The molecule has 1 aromatic carbocycles. The summed E-state index contributed by atoms with van der Waals surface area (Å²) in [6.07, 6.45) is 1.65. The minimum absolute atomic E-state index is 0. The summed E-state index contributed by atoms with van der Waals surface area (Å²) in [7, 11) is 0. The molecular weight excluding hydrogens is 184 g/mol. The predicted molar refractivity (Wildman–Crippen MR) is 55.5 cm³/mol. The summed E-state index contributed by atoms with van der Waals surface area (Å²) in [5, 5.41) is 8.60. The van der Waals surface area contributed by atoms with Gasteiger partial charge in [-0.05, 0) is 17.7 Å². The molecule has 0 heterocycles. The molecule has 0 bridgehead atoms. The molecule has 0 aliphatic heterocycles. The van der Waals surface area contributed by atoms with Crippen LogP contribution in [0.1, 0.15) is 17.2 Å². The third-order valence-corrected chi connectivity index (χ3v) is 1.65. The molecule has 1 aromatic rings. The lowest BCUT2D eigenvalue weighted by Crippen LogP contribution is -2.06. The number of nitrogens with zero attached hydrogens (tertiary/aromatic N) is 1. The highest BCUT2D eigenvalue weighted by Crippen LogP contribution is 2.12. The van der Waals surface area contributed by atoms with Crippen LogP contribution in [0.3, 0.4) is 0 Å². The average molecular weight is 195 g/mol. The minimum Gasteiger partial charge on any atom is -0.321 e. The molecule has 0 aliphatic carbocycles. The van der Waals surface area contributed by atoms with Crippen molar-refractivity contribution in [1.82, 2.24) is 0 Å². The Kier molecular flexibility index (Phi) is 4.83. The molecule has 0 saturated carbocycles. The number of nitrogens with two attached hydrogens (primary N) is 1. The second-order valence-corrected chi connectivity index (χ2v) is 2.50. The van der Waals surface area contributed by atoms with Gasteiger partial charge in [-0.1, -0.05) is 18.2 Å². The van der Waals surface area contributed by atoms with E-state index in [0.717, 1.165) is 5.56 Å². The molecule has 68 valence electrons. The van der Waals surface area contributed by atoms with Crippen LogP contribution < -0.4 is 5.73 Å². The number of hydrogen-bond donors (Lipinski definition) is 1. The van der Waals surface area contributed by atoms with Crippen molar-refractivity contribution in [2.75, 3.05) is 0 Å². The first-order valence-electron chi connectivity index (χ1n) is 3.66. The molecule has 13 heavy (non-hydrogen) atoms. The van der Waals surface area contributed by atoms with Crippen molar-refractivity contribution in [1.29, 1.82) is 5.26 Å². The van der Waals surface area contributed by atoms with Crippen LogP contribution in [-0.4, -0.2) is 0 Å². The fourth-order valence-electron chi connectivity index (χ4n) is 0.952. The van der Waals surface area contributed by atoms with E-state index in [1.54, 1.807) is 18.2 Å². The first-order chi connectivity index (χ1) is 5.77. The summed E-state index contributed by atoms with van der Waals surface area (Å²) in [5.41, 5.74) is 7.24. The Bertz CT molecular complexity index is 328. The van der Waals surface area contributed by atoms with Crippen molar-refractivity contribution in [2.45, 2.75) is 6.04 Å². The van der Waals surface area contributed by atoms with Gasteiger partial charge in [-0.2, -0.15) is 5.26 Å². The second-order valence-electron chi connectivity index (χ2n) is 2.50. The van der Waals surface area contributed by atoms with Crippen LogP contribution in [0.25, 0.3) is 0 Å². The normalized spacial score (nSPS) is 10.8. The quantitative estimate of drug-likeness (QED) is 0.734. The maximum absolute atomic E-state index is 8.60. The topological polar surface area (TPSA) is 49.8 Å². The fraction of sp³-hybridized carbons (Fsp3) is 0.100. The van der Waals surface area contributed by atoms with Crippen LogP contribution in [0.15, 0.2) is 36.9 Å². The SMILES string of the molecule is C=C[C@H](N)c1cccc(C#N)c1.Cl. The van der Waals surface area contributed by atoms with Gasteiger partial charge in [-0.3, -0.25) is 0 Å². The summed E-state index contributed by atoms with van der Waals surface area (Å²) < 4.78 is 0. The summed E-state index contributed by atoms with van der Waals surface area (Å²) in [5.74, 6) is 0. The molecule has 0 saturated heterocycles.